The standard InChI is InChI=1S/C15H16N2OS/c1-2-3-8-18-12-6-4-11(5-7-12)14-9-13(17)15(10-16)19-14/h4-7,9H,2-3,8,17H2,1H3. The monoisotopic (exact) mass is 272 g/mol. The van der Waals surface area contributed by atoms with E-state index in [0.717, 1.165) is 35.6 Å². The Morgan fingerprint density at radius 2 is 2.05 bits per heavy atom. The fourth-order valence-electron chi connectivity index (χ4n) is 1.68. The van der Waals surface area contributed by atoms with E-state index in [4.69, 9.17) is 15.7 Å². The van der Waals surface area contributed by atoms with Crippen molar-refractivity contribution in [1.82, 2.24) is 0 Å². The minimum Gasteiger partial charge on any atom is -0.494 e. The Morgan fingerprint density at radius 3 is 2.63 bits per heavy atom. The molecule has 2 rings (SSSR count). The molecule has 0 radical (unpaired) electrons. The maximum absolute atomic E-state index is 8.90. The average Bonchev–Trinajstić information content (AvgIpc) is 2.81. The van der Waals surface area contributed by atoms with Crippen LogP contribution in [0.5, 0.6) is 5.75 Å². The van der Waals surface area contributed by atoms with E-state index >= 15 is 0 Å². The second kappa shape index (κ2) is 6.26. The van der Waals surface area contributed by atoms with Gasteiger partial charge in [0.15, 0.2) is 0 Å². The molecule has 2 N–H and O–H groups in total. The van der Waals surface area contributed by atoms with Crippen molar-refractivity contribution in [3.63, 3.8) is 0 Å². The highest BCUT2D eigenvalue weighted by atomic mass is 32.1. The third-order valence-electron chi connectivity index (χ3n) is 2.77. The van der Waals surface area contributed by atoms with Crippen LogP contribution in [0, 0.1) is 11.3 Å². The van der Waals surface area contributed by atoms with Crippen LogP contribution in [0.4, 0.5) is 5.69 Å². The van der Waals surface area contributed by atoms with Gasteiger partial charge < -0.3 is 10.5 Å². The number of nitriles is 1. The molecule has 0 saturated heterocycles. The lowest BCUT2D eigenvalue weighted by molar-refractivity contribution is 0.309. The van der Waals surface area contributed by atoms with Gasteiger partial charge >= 0.3 is 0 Å². The van der Waals surface area contributed by atoms with Gasteiger partial charge in [-0.05, 0) is 42.3 Å². The SMILES string of the molecule is CCCCOc1ccc(-c2cc(N)c(C#N)s2)cc1. The molecule has 4 heteroatoms. The minimum atomic E-state index is 0.547. The van der Waals surface area contributed by atoms with Crippen LogP contribution in [0.25, 0.3) is 10.4 Å². The predicted octanol–water partition coefficient (Wildman–Crippen LogP) is 4.05. The Labute approximate surface area is 117 Å². The smallest absolute Gasteiger partial charge is 0.128 e. The van der Waals surface area contributed by atoms with E-state index in [9.17, 15) is 0 Å². The Balaban J connectivity index is 2.11. The largest absolute Gasteiger partial charge is 0.494 e. The fraction of sp³-hybridized carbons (Fsp3) is 0.267. The Hall–Kier alpha value is -1.99. The zero-order chi connectivity index (χ0) is 13.7. The van der Waals surface area contributed by atoms with Crippen molar-refractivity contribution in [2.45, 2.75) is 19.8 Å². The first-order valence-electron chi connectivity index (χ1n) is 6.27. The lowest BCUT2D eigenvalue weighted by atomic mass is 10.2. The van der Waals surface area contributed by atoms with Crippen LogP contribution in [0.2, 0.25) is 0 Å². The van der Waals surface area contributed by atoms with Crippen molar-refractivity contribution in [3.05, 3.63) is 35.2 Å². The second-order valence-corrected chi connectivity index (χ2v) is 5.29. The predicted molar refractivity (Wildman–Crippen MR) is 79.3 cm³/mol. The molecular weight excluding hydrogens is 256 g/mol. The van der Waals surface area contributed by atoms with E-state index in [-0.39, 0.29) is 0 Å². The van der Waals surface area contributed by atoms with Crippen molar-refractivity contribution in [1.29, 1.82) is 5.26 Å². The Bertz CT molecular complexity index is 581. The average molecular weight is 272 g/mol. The van der Waals surface area contributed by atoms with Gasteiger partial charge in [0, 0.05) is 4.88 Å². The number of hydrogen-bond donors (Lipinski definition) is 1. The zero-order valence-corrected chi connectivity index (χ0v) is 11.7. The molecule has 0 unspecified atom stereocenters. The van der Waals surface area contributed by atoms with Gasteiger partial charge in [-0.15, -0.1) is 11.3 Å². The highest BCUT2D eigenvalue weighted by molar-refractivity contribution is 7.16. The summed E-state index contributed by atoms with van der Waals surface area (Å²) in [6, 6.07) is 11.8. The number of benzene rings is 1. The molecule has 1 heterocycles. The quantitative estimate of drug-likeness (QED) is 0.835. The van der Waals surface area contributed by atoms with Crippen molar-refractivity contribution in [3.8, 4) is 22.3 Å². The van der Waals surface area contributed by atoms with Crippen molar-refractivity contribution in [2.24, 2.45) is 0 Å². The number of rotatable bonds is 5. The maximum Gasteiger partial charge on any atom is 0.128 e. The molecule has 0 bridgehead atoms. The van der Waals surface area contributed by atoms with Gasteiger partial charge in [0.2, 0.25) is 0 Å². The van der Waals surface area contributed by atoms with E-state index in [1.54, 1.807) is 0 Å². The minimum absolute atomic E-state index is 0.547. The normalized spacial score (nSPS) is 10.1. The van der Waals surface area contributed by atoms with E-state index in [2.05, 4.69) is 13.0 Å². The summed E-state index contributed by atoms with van der Waals surface area (Å²) in [7, 11) is 0. The summed E-state index contributed by atoms with van der Waals surface area (Å²) in [4.78, 5) is 1.58. The van der Waals surface area contributed by atoms with Crippen LogP contribution in [0.15, 0.2) is 30.3 Å². The molecule has 0 atom stereocenters. The number of ether oxygens (including phenoxy) is 1. The summed E-state index contributed by atoms with van der Waals surface area (Å²) < 4.78 is 5.61. The van der Waals surface area contributed by atoms with Gasteiger partial charge in [0.25, 0.3) is 0 Å². The molecule has 1 aromatic heterocycles. The van der Waals surface area contributed by atoms with Gasteiger partial charge in [0.05, 0.1) is 12.3 Å². The number of anilines is 1. The highest BCUT2D eigenvalue weighted by Crippen LogP contribution is 2.33. The first-order chi connectivity index (χ1) is 9.24. The van der Waals surface area contributed by atoms with Crippen LogP contribution >= 0.6 is 11.3 Å². The van der Waals surface area contributed by atoms with E-state index < -0.39 is 0 Å². The second-order valence-electron chi connectivity index (χ2n) is 4.23. The molecule has 1 aromatic carbocycles. The third-order valence-corrected chi connectivity index (χ3v) is 3.87. The van der Waals surface area contributed by atoms with Gasteiger partial charge in [-0.2, -0.15) is 5.26 Å². The van der Waals surface area contributed by atoms with Gasteiger partial charge in [-0.3, -0.25) is 0 Å². The van der Waals surface area contributed by atoms with Crippen molar-refractivity contribution < 1.29 is 4.74 Å². The number of thiophene rings is 1. The number of nitrogens with two attached hydrogens (primary N) is 1. The summed E-state index contributed by atoms with van der Waals surface area (Å²) in [5.41, 5.74) is 7.37. The molecule has 0 spiro atoms. The van der Waals surface area contributed by atoms with Crippen molar-refractivity contribution in [2.75, 3.05) is 12.3 Å². The number of nitrogens with zero attached hydrogens (tertiary/aromatic N) is 1. The van der Waals surface area contributed by atoms with Gasteiger partial charge in [-0.25, -0.2) is 0 Å². The lowest BCUT2D eigenvalue weighted by Gasteiger charge is -2.05. The maximum atomic E-state index is 8.90. The summed E-state index contributed by atoms with van der Waals surface area (Å²) in [5.74, 6) is 0.877. The third kappa shape index (κ3) is 3.27. The van der Waals surface area contributed by atoms with E-state index in [1.807, 2.05) is 30.3 Å². The molecule has 3 nitrogen and oxygen atoms in total. The number of unbranched alkanes of at least 4 members (excludes halogenated alkanes) is 1. The molecule has 0 aliphatic carbocycles. The van der Waals surface area contributed by atoms with Gasteiger partial charge in [0.1, 0.15) is 16.7 Å². The van der Waals surface area contributed by atoms with Crippen LogP contribution in [-0.4, -0.2) is 6.61 Å². The molecule has 0 saturated carbocycles. The Kier molecular flexibility index (Phi) is 4.43. The molecule has 98 valence electrons. The first kappa shape index (κ1) is 13.4. The number of hydrogen-bond acceptors (Lipinski definition) is 4. The molecule has 0 amide bonds. The number of nitrogen functional groups attached to an aromatic ring is 1. The Morgan fingerprint density at radius 1 is 1.32 bits per heavy atom. The van der Waals surface area contributed by atoms with Crippen LogP contribution < -0.4 is 10.5 Å². The molecule has 0 aliphatic rings. The molecule has 19 heavy (non-hydrogen) atoms. The topological polar surface area (TPSA) is 59.0 Å². The molecule has 0 aliphatic heterocycles. The lowest BCUT2D eigenvalue weighted by Crippen LogP contribution is -1.95. The summed E-state index contributed by atoms with van der Waals surface area (Å²) in [6.07, 6.45) is 2.19. The summed E-state index contributed by atoms with van der Waals surface area (Å²) >= 11 is 1.41. The zero-order valence-electron chi connectivity index (χ0n) is 10.8. The molecule has 2 aromatic rings. The summed E-state index contributed by atoms with van der Waals surface area (Å²) in [6.45, 7) is 2.89. The molecular formula is C15H16N2OS. The fourth-order valence-corrected chi connectivity index (χ4v) is 2.57. The van der Waals surface area contributed by atoms with E-state index in [1.165, 1.54) is 11.3 Å². The van der Waals surface area contributed by atoms with Crippen LogP contribution in [-0.2, 0) is 0 Å². The first-order valence-corrected chi connectivity index (χ1v) is 7.09. The molecule has 0 fully saturated rings. The van der Waals surface area contributed by atoms with Gasteiger partial charge in [-0.1, -0.05) is 13.3 Å². The highest BCUT2D eigenvalue weighted by Gasteiger charge is 2.07. The van der Waals surface area contributed by atoms with Crippen molar-refractivity contribution >= 4 is 17.0 Å². The summed E-state index contributed by atoms with van der Waals surface area (Å²) in [5, 5.41) is 8.90. The van der Waals surface area contributed by atoms with E-state index in [0.29, 0.717) is 10.6 Å². The van der Waals surface area contributed by atoms with Crippen LogP contribution in [0.3, 0.4) is 0 Å². The van der Waals surface area contributed by atoms with Crippen LogP contribution in [0.1, 0.15) is 24.6 Å².